The lowest BCUT2D eigenvalue weighted by atomic mass is 10.2. The topological polar surface area (TPSA) is 94.3 Å². The summed E-state index contributed by atoms with van der Waals surface area (Å²) in [5.41, 5.74) is 2.67. The zero-order valence-corrected chi connectivity index (χ0v) is 16.3. The Morgan fingerprint density at radius 2 is 2.00 bits per heavy atom. The standard InChI is InChI=1S/C20H19N3O4S/c1-13-6-3-4-8-17(13)22-18(24)11-26-20(25)16-7-5-9-21-19(16)28-12-15-10-14(2)27-23-15/h3-10H,11-12H2,1-2H3,(H,22,24). The molecule has 8 heteroatoms. The molecule has 0 aliphatic heterocycles. The Balaban J connectivity index is 1.58. The SMILES string of the molecule is Cc1cc(CSc2ncccc2C(=O)OCC(=O)Nc2ccccc2C)no1. The molecule has 0 bridgehead atoms. The Morgan fingerprint density at radius 1 is 1.18 bits per heavy atom. The molecule has 28 heavy (non-hydrogen) atoms. The van der Waals surface area contributed by atoms with Crippen LogP contribution in [-0.2, 0) is 15.3 Å². The fourth-order valence-electron chi connectivity index (χ4n) is 2.40. The number of nitrogens with one attached hydrogen (secondary N) is 1. The van der Waals surface area contributed by atoms with Crippen LogP contribution in [0.15, 0.2) is 58.2 Å². The van der Waals surface area contributed by atoms with Gasteiger partial charge in [-0.1, -0.05) is 35.1 Å². The minimum absolute atomic E-state index is 0.302. The van der Waals surface area contributed by atoms with Crippen molar-refractivity contribution in [3.63, 3.8) is 0 Å². The molecule has 7 nitrogen and oxygen atoms in total. The van der Waals surface area contributed by atoms with Gasteiger partial charge in [0.2, 0.25) is 0 Å². The van der Waals surface area contributed by atoms with Gasteiger partial charge in [0.25, 0.3) is 5.91 Å². The number of carbonyl (C=O) groups excluding carboxylic acids is 2. The number of rotatable bonds is 7. The largest absolute Gasteiger partial charge is 0.452 e. The summed E-state index contributed by atoms with van der Waals surface area (Å²) in [5.74, 6) is 0.212. The van der Waals surface area contributed by atoms with Gasteiger partial charge in [0.15, 0.2) is 6.61 Å². The van der Waals surface area contributed by atoms with Crippen LogP contribution in [0.2, 0.25) is 0 Å². The lowest BCUT2D eigenvalue weighted by Crippen LogP contribution is -2.21. The van der Waals surface area contributed by atoms with E-state index < -0.39 is 11.9 Å². The van der Waals surface area contributed by atoms with Crippen molar-refractivity contribution in [2.24, 2.45) is 0 Å². The number of benzene rings is 1. The van der Waals surface area contributed by atoms with E-state index in [-0.39, 0.29) is 6.61 Å². The predicted octanol–water partition coefficient (Wildman–Crippen LogP) is 3.77. The molecule has 1 N–H and O–H groups in total. The minimum atomic E-state index is -0.605. The van der Waals surface area contributed by atoms with Crippen LogP contribution in [-0.4, -0.2) is 28.6 Å². The maximum Gasteiger partial charge on any atom is 0.341 e. The Bertz CT molecular complexity index is 987. The zero-order valence-electron chi connectivity index (χ0n) is 15.5. The molecule has 0 saturated heterocycles. The first kappa shape index (κ1) is 19.6. The number of aryl methyl sites for hydroxylation is 2. The molecule has 1 amide bonds. The van der Waals surface area contributed by atoms with Crippen molar-refractivity contribution in [1.29, 1.82) is 0 Å². The summed E-state index contributed by atoms with van der Waals surface area (Å²) in [6.07, 6.45) is 1.60. The van der Waals surface area contributed by atoms with Crippen LogP contribution in [0.1, 0.15) is 27.4 Å². The first-order valence-electron chi connectivity index (χ1n) is 8.55. The van der Waals surface area contributed by atoms with Crippen LogP contribution >= 0.6 is 11.8 Å². The second-order valence-corrected chi connectivity index (χ2v) is 6.98. The molecule has 0 aliphatic rings. The van der Waals surface area contributed by atoms with E-state index in [1.807, 2.05) is 38.1 Å². The number of anilines is 1. The molecule has 0 fully saturated rings. The first-order chi connectivity index (χ1) is 13.5. The molecule has 2 heterocycles. The van der Waals surface area contributed by atoms with Gasteiger partial charge in [-0.25, -0.2) is 9.78 Å². The number of hydrogen-bond donors (Lipinski definition) is 1. The highest BCUT2D eigenvalue weighted by Gasteiger charge is 2.16. The van der Waals surface area contributed by atoms with E-state index in [0.29, 0.717) is 22.0 Å². The van der Waals surface area contributed by atoms with Crippen LogP contribution in [0.4, 0.5) is 5.69 Å². The number of esters is 1. The minimum Gasteiger partial charge on any atom is -0.452 e. The van der Waals surface area contributed by atoms with Crippen molar-refractivity contribution in [2.45, 2.75) is 24.6 Å². The molecule has 0 atom stereocenters. The molecule has 3 aromatic rings. The van der Waals surface area contributed by atoms with Gasteiger partial charge in [-0.05, 0) is 37.6 Å². The molecular formula is C20H19N3O4S. The van der Waals surface area contributed by atoms with E-state index in [9.17, 15) is 9.59 Å². The number of hydrogen-bond acceptors (Lipinski definition) is 7. The van der Waals surface area contributed by atoms with Gasteiger partial charge < -0.3 is 14.6 Å². The van der Waals surface area contributed by atoms with Crippen molar-refractivity contribution in [1.82, 2.24) is 10.1 Å². The molecular weight excluding hydrogens is 378 g/mol. The number of nitrogens with zero attached hydrogens (tertiary/aromatic N) is 2. The van der Waals surface area contributed by atoms with Gasteiger partial charge >= 0.3 is 5.97 Å². The third kappa shape index (κ3) is 5.20. The fourth-order valence-corrected chi connectivity index (χ4v) is 3.26. The van der Waals surface area contributed by atoms with E-state index in [1.165, 1.54) is 11.8 Å². The maximum atomic E-state index is 12.4. The molecule has 0 saturated carbocycles. The zero-order chi connectivity index (χ0) is 19.9. The number of thioether (sulfide) groups is 1. The first-order valence-corrected chi connectivity index (χ1v) is 9.54. The molecule has 0 spiro atoms. The number of amides is 1. The van der Waals surface area contributed by atoms with Gasteiger partial charge in [0, 0.05) is 23.7 Å². The molecule has 3 rings (SSSR count). The van der Waals surface area contributed by atoms with Gasteiger partial charge in [-0.2, -0.15) is 0 Å². The molecule has 0 aliphatic carbocycles. The Hall–Kier alpha value is -3.13. The van der Waals surface area contributed by atoms with Crippen molar-refractivity contribution >= 4 is 29.3 Å². The third-order valence-electron chi connectivity index (χ3n) is 3.78. The van der Waals surface area contributed by atoms with Crippen LogP contribution in [0.5, 0.6) is 0 Å². The van der Waals surface area contributed by atoms with Gasteiger partial charge in [-0.15, -0.1) is 0 Å². The monoisotopic (exact) mass is 397 g/mol. The predicted molar refractivity (Wildman–Crippen MR) is 105 cm³/mol. The summed E-state index contributed by atoms with van der Waals surface area (Å²) in [4.78, 5) is 28.7. The maximum absolute atomic E-state index is 12.4. The van der Waals surface area contributed by atoms with Crippen molar-refractivity contribution in [3.8, 4) is 0 Å². The lowest BCUT2D eigenvalue weighted by molar-refractivity contribution is -0.119. The fraction of sp³-hybridized carbons (Fsp3) is 0.200. The highest BCUT2D eigenvalue weighted by molar-refractivity contribution is 7.98. The molecule has 1 aromatic carbocycles. The Kier molecular flexibility index (Phi) is 6.44. The number of ether oxygens (including phenoxy) is 1. The van der Waals surface area contributed by atoms with Gasteiger partial charge in [0.1, 0.15) is 10.8 Å². The third-order valence-corrected chi connectivity index (χ3v) is 4.82. The average Bonchev–Trinajstić information content (AvgIpc) is 3.12. The smallest absolute Gasteiger partial charge is 0.341 e. The van der Waals surface area contributed by atoms with Crippen molar-refractivity contribution < 1.29 is 18.8 Å². The van der Waals surface area contributed by atoms with Crippen molar-refractivity contribution in [2.75, 3.05) is 11.9 Å². The second-order valence-electron chi connectivity index (χ2n) is 6.01. The Labute approximate surface area is 166 Å². The summed E-state index contributed by atoms with van der Waals surface area (Å²) >= 11 is 1.35. The van der Waals surface area contributed by atoms with Crippen LogP contribution < -0.4 is 5.32 Å². The number of carbonyl (C=O) groups is 2. The number of pyridine rings is 1. The highest BCUT2D eigenvalue weighted by atomic mass is 32.2. The Morgan fingerprint density at radius 3 is 2.75 bits per heavy atom. The van der Waals surface area contributed by atoms with Crippen LogP contribution in [0.25, 0.3) is 0 Å². The molecule has 2 aromatic heterocycles. The second kappa shape index (κ2) is 9.18. The van der Waals surface area contributed by atoms with E-state index in [1.54, 1.807) is 24.4 Å². The highest BCUT2D eigenvalue weighted by Crippen LogP contribution is 2.24. The van der Waals surface area contributed by atoms with Crippen molar-refractivity contribution in [3.05, 3.63) is 71.2 Å². The normalized spacial score (nSPS) is 10.5. The molecule has 0 radical (unpaired) electrons. The van der Waals surface area contributed by atoms with E-state index in [0.717, 1.165) is 17.0 Å². The summed E-state index contributed by atoms with van der Waals surface area (Å²) in [7, 11) is 0. The average molecular weight is 397 g/mol. The summed E-state index contributed by atoms with van der Waals surface area (Å²) in [6, 6.07) is 12.5. The summed E-state index contributed by atoms with van der Waals surface area (Å²) < 4.78 is 10.2. The van der Waals surface area contributed by atoms with E-state index in [2.05, 4.69) is 15.5 Å². The van der Waals surface area contributed by atoms with Crippen LogP contribution in [0.3, 0.4) is 0 Å². The quantitative estimate of drug-likeness (QED) is 0.479. The summed E-state index contributed by atoms with van der Waals surface area (Å²) in [5, 5.41) is 7.15. The number of aromatic nitrogens is 2. The number of para-hydroxylation sites is 1. The van der Waals surface area contributed by atoms with E-state index >= 15 is 0 Å². The van der Waals surface area contributed by atoms with Crippen LogP contribution in [0, 0.1) is 13.8 Å². The molecule has 0 unspecified atom stereocenters. The van der Waals surface area contributed by atoms with Gasteiger partial charge in [-0.3, -0.25) is 4.79 Å². The molecule has 144 valence electrons. The van der Waals surface area contributed by atoms with Gasteiger partial charge in [0.05, 0.1) is 11.3 Å². The lowest BCUT2D eigenvalue weighted by Gasteiger charge is -2.10. The summed E-state index contributed by atoms with van der Waals surface area (Å²) in [6.45, 7) is 3.32. The van der Waals surface area contributed by atoms with E-state index in [4.69, 9.17) is 9.26 Å².